The number of aryl methyl sites for hydroxylation is 1. The molecule has 28 heavy (non-hydrogen) atoms. The van der Waals surface area contributed by atoms with Crippen LogP contribution in [0.3, 0.4) is 0 Å². The molecule has 1 aliphatic carbocycles. The third kappa shape index (κ3) is 3.65. The number of carbonyl (C=O) groups is 1. The fourth-order valence-electron chi connectivity index (χ4n) is 5.32. The van der Waals surface area contributed by atoms with E-state index in [9.17, 15) is 4.79 Å². The second-order valence-electron chi connectivity index (χ2n) is 8.27. The molecule has 1 amide bonds. The molecule has 2 aromatic rings. The molecule has 1 saturated heterocycles. The van der Waals surface area contributed by atoms with Crippen LogP contribution in [0.2, 0.25) is 0 Å². The van der Waals surface area contributed by atoms with Crippen molar-refractivity contribution in [3.8, 4) is 0 Å². The van der Waals surface area contributed by atoms with Gasteiger partial charge in [-0.1, -0.05) is 48.9 Å². The second kappa shape index (κ2) is 8.38. The first-order valence-corrected chi connectivity index (χ1v) is 11.2. The Bertz CT molecular complexity index is 812. The number of nitrogens with one attached hydrogen (secondary N) is 1. The highest BCUT2D eigenvalue weighted by Crippen LogP contribution is 2.47. The minimum Gasteiger partial charge on any atom is -0.350 e. The molecule has 3 nitrogen and oxygen atoms in total. The van der Waals surface area contributed by atoms with E-state index >= 15 is 0 Å². The second-order valence-corrected chi connectivity index (χ2v) is 9.12. The van der Waals surface area contributed by atoms with Crippen LogP contribution >= 0.6 is 15.9 Å². The average molecular weight is 441 g/mol. The highest BCUT2D eigenvalue weighted by Gasteiger charge is 2.48. The zero-order chi connectivity index (χ0) is 19.6. The van der Waals surface area contributed by atoms with Crippen LogP contribution < -0.4 is 5.32 Å². The van der Waals surface area contributed by atoms with E-state index in [4.69, 9.17) is 0 Å². The Morgan fingerprint density at radius 2 is 1.86 bits per heavy atom. The molecule has 2 aromatic carbocycles. The van der Waals surface area contributed by atoms with Gasteiger partial charge in [0.05, 0.1) is 5.56 Å². The van der Waals surface area contributed by atoms with Crippen molar-refractivity contribution in [2.75, 3.05) is 19.6 Å². The molecule has 0 bridgehead atoms. The lowest BCUT2D eigenvalue weighted by molar-refractivity contribution is 0.0809. The van der Waals surface area contributed by atoms with E-state index in [1.807, 2.05) is 25.1 Å². The standard InChI is InChI=1S/C24H29BrN2O/c1-18-9-7-13-21(25)22(18)23(28)26-17-24(27-15-5-6-16-27)14-8-12-20(24)19-10-3-2-4-11-19/h2-4,7,9-11,13,20H,5-6,8,12,14-17H2,1H3,(H,26,28). The van der Waals surface area contributed by atoms with Gasteiger partial charge in [0.15, 0.2) is 0 Å². The van der Waals surface area contributed by atoms with Gasteiger partial charge in [-0.15, -0.1) is 0 Å². The van der Waals surface area contributed by atoms with Crippen LogP contribution in [0.25, 0.3) is 0 Å². The molecule has 0 spiro atoms. The van der Waals surface area contributed by atoms with E-state index in [0.717, 1.165) is 35.1 Å². The van der Waals surface area contributed by atoms with Gasteiger partial charge in [-0.25, -0.2) is 0 Å². The molecular formula is C24H29BrN2O. The van der Waals surface area contributed by atoms with Crippen LogP contribution in [0.4, 0.5) is 0 Å². The Hall–Kier alpha value is -1.65. The number of nitrogens with zero attached hydrogens (tertiary/aromatic N) is 1. The maximum absolute atomic E-state index is 13.1. The maximum atomic E-state index is 13.1. The minimum atomic E-state index is 0.0299. The maximum Gasteiger partial charge on any atom is 0.252 e. The van der Waals surface area contributed by atoms with Crippen LogP contribution in [-0.4, -0.2) is 36.0 Å². The summed E-state index contributed by atoms with van der Waals surface area (Å²) in [7, 11) is 0. The first-order valence-electron chi connectivity index (χ1n) is 10.5. The number of likely N-dealkylation sites (tertiary alicyclic amines) is 1. The minimum absolute atomic E-state index is 0.0299. The topological polar surface area (TPSA) is 32.3 Å². The van der Waals surface area contributed by atoms with E-state index in [-0.39, 0.29) is 11.4 Å². The van der Waals surface area contributed by atoms with Crippen molar-refractivity contribution in [3.05, 3.63) is 69.7 Å². The number of hydrogen-bond acceptors (Lipinski definition) is 2. The SMILES string of the molecule is Cc1cccc(Br)c1C(=O)NCC1(N2CCCC2)CCCC1c1ccccc1. The monoisotopic (exact) mass is 440 g/mol. The largest absolute Gasteiger partial charge is 0.350 e. The number of carbonyl (C=O) groups excluding carboxylic acids is 1. The lowest BCUT2D eigenvalue weighted by Crippen LogP contribution is -2.56. The Kier molecular flexibility index (Phi) is 5.88. The molecule has 1 N–H and O–H groups in total. The van der Waals surface area contributed by atoms with Crippen LogP contribution in [-0.2, 0) is 0 Å². The van der Waals surface area contributed by atoms with Gasteiger partial charge < -0.3 is 5.32 Å². The van der Waals surface area contributed by atoms with Gasteiger partial charge in [-0.2, -0.15) is 0 Å². The molecule has 2 fully saturated rings. The van der Waals surface area contributed by atoms with Gasteiger partial charge in [0.25, 0.3) is 5.91 Å². The molecule has 148 valence electrons. The van der Waals surface area contributed by atoms with Crippen LogP contribution in [0.5, 0.6) is 0 Å². The van der Waals surface area contributed by atoms with E-state index in [1.165, 1.54) is 31.2 Å². The van der Waals surface area contributed by atoms with Crippen LogP contribution in [0, 0.1) is 6.92 Å². The fourth-order valence-corrected chi connectivity index (χ4v) is 5.97. The lowest BCUT2D eigenvalue weighted by atomic mass is 9.80. The van der Waals surface area contributed by atoms with E-state index < -0.39 is 0 Å². The number of amides is 1. The van der Waals surface area contributed by atoms with Crippen molar-refractivity contribution in [1.29, 1.82) is 0 Å². The van der Waals surface area contributed by atoms with Gasteiger partial charge >= 0.3 is 0 Å². The molecule has 2 atom stereocenters. The van der Waals surface area contributed by atoms with Gasteiger partial charge in [0.1, 0.15) is 0 Å². The van der Waals surface area contributed by atoms with Crippen molar-refractivity contribution in [1.82, 2.24) is 10.2 Å². The summed E-state index contributed by atoms with van der Waals surface area (Å²) in [5.74, 6) is 0.509. The first kappa shape index (κ1) is 19.7. The lowest BCUT2D eigenvalue weighted by Gasteiger charge is -2.44. The predicted molar refractivity (Wildman–Crippen MR) is 118 cm³/mol. The zero-order valence-electron chi connectivity index (χ0n) is 16.6. The van der Waals surface area contributed by atoms with E-state index in [1.54, 1.807) is 0 Å². The molecule has 4 heteroatoms. The average Bonchev–Trinajstić information content (AvgIpc) is 3.37. The Balaban J connectivity index is 1.61. The molecule has 2 unspecified atom stereocenters. The molecule has 0 radical (unpaired) electrons. The number of halogens is 1. The van der Waals surface area contributed by atoms with Crippen LogP contribution in [0.1, 0.15) is 59.5 Å². The first-order chi connectivity index (χ1) is 13.6. The van der Waals surface area contributed by atoms with Crippen molar-refractivity contribution in [2.24, 2.45) is 0 Å². The molecule has 2 aliphatic rings. The Morgan fingerprint density at radius 1 is 1.11 bits per heavy atom. The van der Waals surface area contributed by atoms with Crippen molar-refractivity contribution in [2.45, 2.75) is 50.5 Å². The summed E-state index contributed by atoms with van der Waals surface area (Å²) in [6, 6.07) is 16.8. The highest BCUT2D eigenvalue weighted by molar-refractivity contribution is 9.10. The molecule has 1 aliphatic heterocycles. The number of hydrogen-bond donors (Lipinski definition) is 1. The van der Waals surface area contributed by atoms with Crippen molar-refractivity contribution in [3.63, 3.8) is 0 Å². The van der Waals surface area contributed by atoms with Crippen LogP contribution in [0.15, 0.2) is 53.0 Å². The highest BCUT2D eigenvalue weighted by atomic mass is 79.9. The number of benzene rings is 2. The quantitative estimate of drug-likeness (QED) is 0.684. The predicted octanol–water partition coefficient (Wildman–Crippen LogP) is 5.29. The normalized spacial score (nSPS) is 25.1. The fraction of sp³-hybridized carbons (Fsp3) is 0.458. The summed E-state index contributed by atoms with van der Waals surface area (Å²) in [5.41, 5.74) is 3.21. The zero-order valence-corrected chi connectivity index (χ0v) is 18.2. The number of rotatable bonds is 5. The molecule has 1 saturated carbocycles. The van der Waals surface area contributed by atoms with Gasteiger partial charge in [-0.05, 0) is 78.8 Å². The smallest absolute Gasteiger partial charge is 0.252 e. The van der Waals surface area contributed by atoms with E-state index in [2.05, 4.69) is 56.5 Å². The van der Waals surface area contributed by atoms with Gasteiger partial charge in [0, 0.05) is 22.5 Å². The molecule has 1 heterocycles. The molecule has 0 aromatic heterocycles. The third-order valence-corrected chi connectivity index (χ3v) is 7.35. The third-order valence-electron chi connectivity index (χ3n) is 6.69. The summed E-state index contributed by atoms with van der Waals surface area (Å²) in [6.45, 7) is 5.00. The Morgan fingerprint density at radius 3 is 2.57 bits per heavy atom. The van der Waals surface area contributed by atoms with Crippen molar-refractivity contribution < 1.29 is 4.79 Å². The van der Waals surface area contributed by atoms with Crippen molar-refractivity contribution >= 4 is 21.8 Å². The summed E-state index contributed by atoms with van der Waals surface area (Å²) in [6.07, 6.45) is 6.10. The van der Waals surface area contributed by atoms with Gasteiger partial charge in [-0.3, -0.25) is 9.69 Å². The summed E-state index contributed by atoms with van der Waals surface area (Å²) in [4.78, 5) is 15.8. The van der Waals surface area contributed by atoms with Gasteiger partial charge in [0.2, 0.25) is 0 Å². The van der Waals surface area contributed by atoms with E-state index in [0.29, 0.717) is 12.5 Å². The summed E-state index contributed by atoms with van der Waals surface area (Å²) in [5, 5.41) is 3.33. The summed E-state index contributed by atoms with van der Waals surface area (Å²) >= 11 is 3.56. The molecule has 4 rings (SSSR count). The molecular weight excluding hydrogens is 412 g/mol. The summed E-state index contributed by atoms with van der Waals surface area (Å²) < 4.78 is 0.867. The Labute approximate surface area is 176 Å².